The van der Waals surface area contributed by atoms with Gasteiger partial charge < -0.3 is 9.64 Å². The second-order valence-corrected chi connectivity index (χ2v) is 8.69. The Morgan fingerprint density at radius 3 is 2.16 bits per heavy atom. The minimum absolute atomic E-state index is 0.243. The van der Waals surface area contributed by atoms with Gasteiger partial charge in [-0.05, 0) is 55.1 Å². The summed E-state index contributed by atoms with van der Waals surface area (Å²) in [5, 5.41) is 10.0. The molecule has 0 amide bonds. The first kappa shape index (κ1) is 23.2. The number of halogens is 1. The minimum atomic E-state index is -0.416. The molecule has 1 aliphatic heterocycles. The molecule has 0 aliphatic carbocycles. The summed E-state index contributed by atoms with van der Waals surface area (Å²) in [5.74, 6) is 0.745. The Morgan fingerprint density at radius 2 is 1.58 bits per heavy atom. The number of hydrogen-bond acceptors (Lipinski definition) is 4. The van der Waals surface area contributed by atoms with Gasteiger partial charge in [-0.2, -0.15) is 5.26 Å². The molecule has 0 saturated carbocycles. The van der Waals surface area contributed by atoms with Crippen molar-refractivity contribution in [3.05, 3.63) is 66.0 Å². The number of ether oxygens (including phenoxy) is 1. The number of piperazine rings is 1. The Morgan fingerprint density at radius 1 is 0.968 bits per heavy atom. The Bertz CT molecular complexity index is 826. The van der Waals surface area contributed by atoms with Crippen LogP contribution in [-0.4, -0.2) is 55.7 Å². The molecule has 0 radical (unpaired) electrons. The molecule has 0 unspecified atom stereocenters. The van der Waals surface area contributed by atoms with Crippen LogP contribution >= 0.6 is 0 Å². The van der Waals surface area contributed by atoms with Gasteiger partial charge in [-0.15, -0.1) is 0 Å². The molecule has 0 bridgehead atoms. The Balaban J connectivity index is 1.39. The zero-order valence-corrected chi connectivity index (χ0v) is 18.8. The van der Waals surface area contributed by atoms with Crippen molar-refractivity contribution >= 4 is 0 Å². The third-order valence-electron chi connectivity index (χ3n) is 6.47. The average molecular weight is 424 g/mol. The van der Waals surface area contributed by atoms with Crippen LogP contribution in [0.15, 0.2) is 54.6 Å². The van der Waals surface area contributed by atoms with Crippen molar-refractivity contribution in [2.24, 2.45) is 5.92 Å². The van der Waals surface area contributed by atoms with Gasteiger partial charge in [0.15, 0.2) is 0 Å². The molecule has 0 N–H and O–H groups in total. The molecule has 1 fully saturated rings. The number of rotatable bonds is 10. The molecular formula is C26H34FN3O. The third-order valence-corrected chi connectivity index (χ3v) is 6.47. The normalized spacial score (nSPS) is 17.3. The maximum atomic E-state index is 13.0. The van der Waals surface area contributed by atoms with E-state index in [1.165, 1.54) is 12.1 Å². The highest BCUT2D eigenvalue weighted by molar-refractivity contribution is 5.33. The van der Waals surface area contributed by atoms with Crippen LogP contribution in [0.5, 0.6) is 5.75 Å². The number of nitrogens with zero attached hydrogens (tertiary/aromatic N) is 3. The van der Waals surface area contributed by atoms with E-state index in [-0.39, 0.29) is 11.7 Å². The topological polar surface area (TPSA) is 39.5 Å². The molecule has 2 aromatic rings. The third kappa shape index (κ3) is 6.29. The van der Waals surface area contributed by atoms with Gasteiger partial charge in [-0.25, -0.2) is 4.39 Å². The molecule has 1 atom stereocenters. The van der Waals surface area contributed by atoms with E-state index in [1.807, 2.05) is 18.2 Å². The van der Waals surface area contributed by atoms with Gasteiger partial charge in [0.05, 0.1) is 11.5 Å². The lowest BCUT2D eigenvalue weighted by atomic mass is 9.70. The fraction of sp³-hybridized carbons (Fsp3) is 0.500. The van der Waals surface area contributed by atoms with Crippen molar-refractivity contribution in [1.82, 2.24) is 9.80 Å². The van der Waals surface area contributed by atoms with Gasteiger partial charge in [0.2, 0.25) is 0 Å². The lowest BCUT2D eigenvalue weighted by Crippen LogP contribution is -2.47. The standard InChI is InChI=1S/C26H34FN3O/c1-22(2)26(21-28,23-7-4-3-5-8-23)13-6-14-29-15-17-30(18-16-29)19-20-31-25-11-9-24(27)10-12-25/h3-5,7-12,22H,6,13-20H2,1-2H3/t26-/m0/s1. The summed E-state index contributed by atoms with van der Waals surface area (Å²) in [7, 11) is 0. The summed E-state index contributed by atoms with van der Waals surface area (Å²) in [4.78, 5) is 4.92. The van der Waals surface area contributed by atoms with Gasteiger partial charge in [0, 0.05) is 32.7 Å². The molecule has 0 spiro atoms. The van der Waals surface area contributed by atoms with E-state index >= 15 is 0 Å². The highest BCUT2D eigenvalue weighted by atomic mass is 19.1. The van der Waals surface area contributed by atoms with Crippen LogP contribution in [-0.2, 0) is 5.41 Å². The van der Waals surface area contributed by atoms with E-state index < -0.39 is 5.41 Å². The zero-order valence-electron chi connectivity index (χ0n) is 18.8. The fourth-order valence-electron chi connectivity index (χ4n) is 4.39. The summed E-state index contributed by atoms with van der Waals surface area (Å²) in [6, 6.07) is 19.1. The summed E-state index contributed by atoms with van der Waals surface area (Å²) in [6.07, 6.45) is 1.91. The molecule has 5 heteroatoms. The lowest BCUT2D eigenvalue weighted by Gasteiger charge is -2.36. The van der Waals surface area contributed by atoms with Gasteiger partial charge in [0.1, 0.15) is 18.2 Å². The maximum Gasteiger partial charge on any atom is 0.123 e. The number of nitriles is 1. The molecule has 4 nitrogen and oxygen atoms in total. The number of hydrogen-bond donors (Lipinski definition) is 0. The van der Waals surface area contributed by atoms with Gasteiger partial charge in [0.25, 0.3) is 0 Å². The van der Waals surface area contributed by atoms with E-state index in [1.54, 1.807) is 12.1 Å². The predicted octanol–water partition coefficient (Wildman–Crippen LogP) is 4.72. The van der Waals surface area contributed by atoms with Crippen molar-refractivity contribution < 1.29 is 9.13 Å². The van der Waals surface area contributed by atoms with Crippen molar-refractivity contribution in [3.63, 3.8) is 0 Å². The Labute approximate surface area is 186 Å². The molecule has 1 aliphatic rings. The largest absolute Gasteiger partial charge is 0.492 e. The first-order valence-corrected chi connectivity index (χ1v) is 11.3. The van der Waals surface area contributed by atoms with Crippen molar-refractivity contribution in [2.75, 3.05) is 45.9 Å². The quantitative estimate of drug-likeness (QED) is 0.554. The summed E-state index contributed by atoms with van der Waals surface area (Å²) in [5.41, 5.74) is 0.722. The SMILES string of the molecule is CC(C)[C@@](C#N)(CCCN1CCN(CCOc2ccc(F)cc2)CC1)c1ccccc1. The Kier molecular flexibility index (Phi) is 8.45. The predicted molar refractivity (Wildman–Crippen MR) is 123 cm³/mol. The lowest BCUT2D eigenvalue weighted by molar-refractivity contribution is 0.114. The van der Waals surface area contributed by atoms with Crippen LogP contribution in [0.1, 0.15) is 32.3 Å². The molecule has 0 aromatic heterocycles. The molecular weight excluding hydrogens is 389 g/mol. The second-order valence-electron chi connectivity index (χ2n) is 8.69. The maximum absolute atomic E-state index is 13.0. The molecule has 1 saturated heterocycles. The highest BCUT2D eigenvalue weighted by Crippen LogP contribution is 2.36. The average Bonchev–Trinajstić information content (AvgIpc) is 2.79. The van der Waals surface area contributed by atoms with Crippen LogP contribution in [0.25, 0.3) is 0 Å². The van der Waals surface area contributed by atoms with E-state index in [4.69, 9.17) is 4.74 Å². The minimum Gasteiger partial charge on any atom is -0.492 e. The molecule has 3 rings (SSSR count). The van der Waals surface area contributed by atoms with Crippen molar-refractivity contribution in [3.8, 4) is 11.8 Å². The molecule has 1 heterocycles. The van der Waals surface area contributed by atoms with Crippen LogP contribution in [0, 0.1) is 23.1 Å². The monoisotopic (exact) mass is 423 g/mol. The van der Waals surface area contributed by atoms with E-state index in [0.717, 1.165) is 57.7 Å². The van der Waals surface area contributed by atoms with Crippen LogP contribution in [0.4, 0.5) is 4.39 Å². The zero-order chi connectivity index (χ0) is 22.1. The van der Waals surface area contributed by atoms with Gasteiger partial charge in [-0.1, -0.05) is 44.2 Å². The van der Waals surface area contributed by atoms with E-state index in [9.17, 15) is 9.65 Å². The summed E-state index contributed by atoms with van der Waals surface area (Å²) < 4.78 is 18.7. The van der Waals surface area contributed by atoms with Gasteiger partial charge in [-0.3, -0.25) is 4.90 Å². The first-order chi connectivity index (χ1) is 15.0. The Hall–Kier alpha value is -2.42. The fourth-order valence-corrected chi connectivity index (χ4v) is 4.39. The summed E-state index contributed by atoms with van der Waals surface area (Å²) >= 11 is 0. The smallest absolute Gasteiger partial charge is 0.123 e. The van der Waals surface area contributed by atoms with Crippen LogP contribution in [0.2, 0.25) is 0 Å². The van der Waals surface area contributed by atoms with Gasteiger partial charge >= 0.3 is 0 Å². The number of benzene rings is 2. The van der Waals surface area contributed by atoms with Crippen molar-refractivity contribution in [1.29, 1.82) is 5.26 Å². The molecule has 31 heavy (non-hydrogen) atoms. The highest BCUT2D eigenvalue weighted by Gasteiger charge is 2.35. The molecule has 2 aromatic carbocycles. The first-order valence-electron chi connectivity index (χ1n) is 11.3. The second kappa shape index (κ2) is 11.3. The molecule has 166 valence electrons. The van der Waals surface area contributed by atoms with E-state index in [0.29, 0.717) is 12.4 Å². The summed E-state index contributed by atoms with van der Waals surface area (Å²) in [6.45, 7) is 11.0. The van der Waals surface area contributed by atoms with Crippen LogP contribution < -0.4 is 4.74 Å². The van der Waals surface area contributed by atoms with Crippen molar-refractivity contribution in [2.45, 2.75) is 32.1 Å². The van der Waals surface area contributed by atoms with Crippen LogP contribution in [0.3, 0.4) is 0 Å². The van der Waals surface area contributed by atoms with E-state index in [2.05, 4.69) is 41.8 Å².